The van der Waals surface area contributed by atoms with E-state index in [0.717, 1.165) is 33.8 Å². The van der Waals surface area contributed by atoms with E-state index in [1.165, 1.54) is 23.3 Å². The Hall–Kier alpha value is -2.85. The van der Waals surface area contributed by atoms with Gasteiger partial charge >= 0.3 is 0 Å². The Bertz CT molecular complexity index is 1150. The summed E-state index contributed by atoms with van der Waals surface area (Å²) in [4.78, 5) is 14.6. The molecule has 0 saturated carbocycles. The average Bonchev–Trinajstić information content (AvgIpc) is 2.91. The standard InChI is InChI=1S/C26H22FNOS/c1-16-6-2-3-7-20(16)26-25-22(28-21-8-4-5-9-24(21)30-26)14-18(15-23(25)29)17-10-12-19(27)13-11-17/h2-13,18,26,28H,14-15H2,1H3/t18-,26-/m1/s1. The van der Waals surface area contributed by atoms with Crippen LogP contribution in [0.25, 0.3) is 0 Å². The van der Waals surface area contributed by atoms with E-state index < -0.39 is 0 Å². The summed E-state index contributed by atoms with van der Waals surface area (Å²) in [6.45, 7) is 2.11. The molecule has 2 nitrogen and oxygen atoms in total. The number of carbonyl (C=O) groups is 1. The second-order valence-electron chi connectivity index (χ2n) is 7.95. The van der Waals surface area contributed by atoms with Crippen LogP contribution in [-0.4, -0.2) is 5.78 Å². The van der Waals surface area contributed by atoms with Crippen LogP contribution in [-0.2, 0) is 4.79 Å². The van der Waals surface area contributed by atoms with Crippen molar-refractivity contribution in [2.75, 3.05) is 5.32 Å². The summed E-state index contributed by atoms with van der Waals surface area (Å²) < 4.78 is 13.4. The molecule has 4 heteroatoms. The zero-order chi connectivity index (χ0) is 20.7. The topological polar surface area (TPSA) is 29.1 Å². The maximum absolute atomic E-state index is 13.5. The lowest BCUT2D eigenvalue weighted by Crippen LogP contribution is -2.24. The summed E-state index contributed by atoms with van der Waals surface area (Å²) in [6, 6.07) is 23.1. The molecule has 1 aliphatic heterocycles. The second kappa shape index (κ2) is 7.77. The minimum atomic E-state index is -0.252. The van der Waals surface area contributed by atoms with Crippen molar-refractivity contribution in [2.45, 2.75) is 35.8 Å². The van der Waals surface area contributed by atoms with Crippen molar-refractivity contribution < 1.29 is 9.18 Å². The Balaban J connectivity index is 1.62. The molecule has 1 heterocycles. The molecule has 0 fully saturated rings. The molecule has 0 spiro atoms. The Morgan fingerprint density at radius 3 is 2.47 bits per heavy atom. The van der Waals surface area contributed by atoms with Crippen molar-refractivity contribution in [3.8, 4) is 0 Å². The summed E-state index contributed by atoms with van der Waals surface area (Å²) in [5.74, 6) is -0.0258. The average molecular weight is 416 g/mol. The van der Waals surface area contributed by atoms with Gasteiger partial charge in [-0.3, -0.25) is 4.79 Å². The third-order valence-corrected chi connectivity index (χ3v) is 7.34. The number of carbonyl (C=O) groups excluding carboxylic acids is 1. The maximum atomic E-state index is 13.5. The first-order valence-electron chi connectivity index (χ1n) is 10.2. The molecule has 0 bridgehead atoms. The first-order valence-corrected chi connectivity index (χ1v) is 11.1. The minimum absolute atomic E-state index is 0.0426. The van der Waals surface area contributed by atoms with Gasteiger partial charge in [0.05, 0.1) is 10.9 Å². The highest BCUT2D eigenvalue weighted by Gasteiger charge is 2.36. The van der Waals surface area contributed by atoms with E-state index in [-0.39, 0.29) is 22.8 Å². The van der Waals surface area contributed by atoms with E-state index in [0.29, 0.717) is 6.42 Å². The van der Waals surface area contributed by atoms with E-state index >= 15 is 0 Å². The number of rotatable bonds is 2. The van der Waals surface area contributed by atoms with Crippen molar-refractivity contribution in [3.63, 3.8) is 0 Å². The Kier molecular flexibility index (Phi) is 4.95. The van der Waals surface area contributed by atoms with Crippen LogP contribution in [0.4, 0.5) is 10.1 Å². The summed E-state index contributed by atoms with van der Waals surface area (Å²) in [6.07, 6.45) is 1.19. The molecule has 150 valence electrons. The van der Waals surface area contributed by atoms with Crippen LogP contribution in [0.15, 0.2) is 89.0 Å². The zero-order valence-corrected chi connectivity index (χ0v) is 17.5. The number of hydrogen-bond acceptors (Lipinski definition) is 3. The third-order valence-electron chi connectivity index (χ3n) is 6.00. The monoisotopic (exact) mass is 415 g/mol. The van der Waals surface area contributed by atoms with Crippen LogP contribution >= 0.6 is 11.8 Å². The molecule has 3 aromatic carbocycles. The first kappa shape index (κ1) is 19.1. The van der Waals surface area contributed by atoms with Gasteiger partial charge in [0.25, 0.3) is 0 Å². The summed E-state index contributed by atoms with van der Waals surface area (Å²) in [5.41, 5.74) is 6.29. The molecular weight excluding hydrogens is 393 g/mol. The van der Waals surface area contributed by atoms with Gasteiger partial charge < -0.3 is 5.32 Å². The summed E-state index contributed by atoms with van der Waals surface area (Å²) in [5, 5.41) is 3.54. The number of Topliss-reactive ketones (excluding diaryl/α,β-unsaturated/α-hetero) is 1. The lowest BCUT2D eigenvalue weighted by molar-refractivity contribution is -0.116. The highest BCUT2D eigenvalue weighted by molar-refractivity contribution is 8.00. The van der Waals surface area contributed by atoms with Crippen LogP contribution < -0.4 is 5.32 Å². The van der Waals surface area contributed by atoms with Crippen molar-refractivity contribution in [1.29, 1.82) is 0 Å². The van der Waals surface area contributed by atoms with Crippen LogP contribution in [0.1, 0.15) is 40.7 Å². The van der Waals surface area contributed by atoms with Crippen LogP contribution in [0.3, 0.4) is 0 Å². The highest BCUT2D eigenvalue weighted by Crippen LogP contribution is 2.51. The van der Waals surface area contributed by atoms with E-state index in [1.807, 2.05) is 24.3 Å². The van der Waals surface area contributed by atoms with Gasteiger partial charge in [-0.15, -0.1) is 11.8 Å². The number of aryl methyl sites for hydroxylation is 1. The highest BCUT2D eigenvalue weighted by atomic mass is 32.2. The Labute approximate surface area is 180 Å². The fourth-order valence-electron chi connectivity index (χ4n) is 4.45. The van der Waals surface area contributed by atoms with Gasteiger partial charge in [-0.25, -0.2) is 4.39 Å². The molecule has 0 saturated heterocycles. The van der Waals surface area contributed by atoms with E-state index in [9.17, 15) is 9.18 Å². The van der Waals surface area contributed by atoms with Gasteiger partial charge in [-0.05, 0) is 60.2 Å². The quantitative estimate of drug-likeness (QED) is 0.499. The number of halogens is 1. The second-order valence-corrected chi connectivity index (χ2v) is 9.09. The summed E-state index contributed by atoms with van der Waals surface area (Å²) >= 11 is 1.74. The molecule has 1 aliphatic carbocycles. The predicted molar refractivity (Wildman–Crippen MR) is 120 cm³/mol. The van der Waals surface area contributed by atoms with Gasteiger partial charge in [-0.2, -0.15) is 0 Å². The number of para-hydroxylation sites is 1. The predicted octanol–water partition coefficient (Wildman–Crippen LogP) is 6.79. The minimum Gasteiger partial charge on any atom is -0.358 e. The number of allylic oxidation sites excluding steroid dienone is 1. The Morgan fingerprint density at radius 2 is 1.67 bits per heavy atom. The smallest absolute Gasteiger partial charge is 0.162 e. The molecule has 30 heavy (non-hydrogen) atoms. The molecule has 3 aromatic rings. The van der Waals surface area contributed by atoms with Gasteiger partial charge in [0.1, 0.15) is 5.82 Å². The summed E-state index contributed by atoms with van der Waals surface area (Å²) in [7, 11) is 0. The van der Waals surface area contributed by atoms with Gasteiger partial charge in [0, 0.05) is 22.6 Å². The number of nitrogens with one attached hydrogen (secondary N) is 1. The number of ketones is 1. The van der Waals surface area contributed by atoms with Crippen molar-refractivity contribution in [2.24, 2.45) is 0 Å². The number of benzene rings is 3. The fourth-order valence-corrected chi connectivity index (χ4v) is 5.89. The van der Waals surface area contributed by atoms with E-state index in [2.05, 4.69) is 36.5 Å². The molecule has 0 radical (unpaired) electrons. The van der Waals surface area contributed by atoms with Crippen LogP contribution in [0.2, 0.25) is 0 Å². The third kappa shape index (κ3) is 3.46. The molecule has 5 rings (SSSR count). The molecule has 2 atom stereocenters. The van der Waals surface area contributed by atoms with Crippen molar-refractivity contribution in [3.05, 3.63) is 107 Å². The van der Waals surface area contributed by atoms with E-state index in [1.54, 1.807) is 23.9 Å². The number of hydrogen-bond donors (Lipinski definition) is 1. The normalized spacial score (nSPS) is 20.8. The largest absolute Gasteiger partial charge is 0.358 e. The lowest BCUT2D eigenvalue weighted by Gasteiger charge is -2.30. The lowest BCUT2D eigenvalue weighted by atomic mass is 9.79. The van der Waals surface area contributed by atoms with E-state index in [4.69, 9.17) is 0 Å². The van der Waals surface area contributed by atoms with Gasteiger partial charge in [0.15, 0.2) is 5.78 Å². The number of anilines is 1. The van der Waals surface area contributed by atoms with Gasteiger partial charge in [-0.1, -0.05) is 48.5 Å². The SMILES string of the molecule is Cc1ccccc1[C@H]1Sc2ccccc2NC2=C1C(=O)C[C@H](c1ccc(F)cc1)C2. The zero-order valence-electron chi connectivity index (χ0n) is 16.7. The maximum Gasteiger partial charge on any atom is 0.162 e. The molecule has 2 aliphatic rings. The molecule has 1 N–H and O–H groups in total. The molecule has 0 amide bonds. The van der Waals surface area contributed by atoms with Gasteiger partial charge in [0.2, 0.25) is 0 Å². The first-order chi connectivity index (χ1) is 14.6. The van der Waals surface area contributed by atoms with Crippen molar-refractivity contribution in [1.82, 2.24) is 0 Å². The van der Waals surface area contributed by atoms with Crippen molar-refractivity contribution >= 4 is 23.2 Å². The van der Waals surface area contributed by atoms with Crippen LogP contribution in [0.5, 0.6) is 0 Å². The Morgan fingerprint density at radius 1 is 0.933 bits per heavy atom. The fraction of sp³-hybridized carbons (Fsp3) is 0.192. The number of thioether (sulfide) groups is 1. The number of fused-ring (bicyclic) bond motifs is 1. The molecule has 0 aromatic heterocycles. The van der Waals surface area contributed by atoms with Crippen LogP contribution in [0, 0.1) is 12.7 Å². The molecular formula is C26H22FNOS. The molecule has 0 unspecified atom stereocenters.